The van der Waals surface area contributed by atoms with Crippen LogP contribution in [0.15, 0.2) is 54.7 Å². The number of ketones is 1. The van der Waals surface area contributed by atoms with Gasteiger partial charge in [0.2, 0.25) is 0 Å². The van der Waals surface area contributed by atoms with Crippen LogP contribution in [0.4, 0.5) is 5.69 Å². The topological polar surface area (TPSA) is 49.3 Å². The highest BCUT2D eigenvalue weighted by atomic mass is 16.3. The smallest absolute Gasteiger partial charge is 0.187 e. The molecule has 2 aromatic carbocycles. The fraction of sp³-hybridized carbons (Fsp3) is 0.118. The summed E-state index contributed by atoms with van der Waals surface area (Å²) in [6.07, 6.45) is 2.99. The number of aryl methyl sites for hydroxylation is 2. The van der Waals surface area contributed by atoms with E-state index in [1.165, 1.54) is 12.3 Å². The highest BCUT2D eigenvalue weighted by molar-refractivity contribution is 6.04. The molecule has 0 heterocycles. The van der Waals surface area contributed by atoms with Crippen LogP contribution in [0.5, 0.6) is 5.75 Å². The van der Waals surface area contributed by atoms with Crippen molar-refractivity contribution in [1.82, 2.24) is 0 Å². The number of rotatable bonds is 4. The van der Waals surface area contributed by atoms with Crippen molar-refractivity contribution in [3.8, 4) is 5.75 Å². The molecular formula is C17H17NO2. The minimum Gasteiger partial charge on any atom is -0.506 e. The van der Waals surface area contributed by atoms with Crippen molar-refractivity contribution in [2.75, 3.05) is 5.32 Å². The molecule has 2 N–H and O–H groups in total. The number of benzene rings is 2. The molecule has 0 amide bonds. The molecule has 102 valence electrons. The van der Waals surface area contributed by atoms with E-state index >= 15 is 0 Å². The summed E-state index contributed by atoms with van der Waals surface area (Å²) in [7, 11) is 0. The van der Waals surface area contributed by atoms with Gasteiger partial charge in [0.1, 0.15) is 5.75 Å². The van der Waals surface area contributed by atoms with Crippen LogP contribution in [0.1, 0.15) is 21.5 Å². The van der Waals surface area contributed by atoms with Gasteiger partial charge in [-0.05, 0) is 31.5 Å². The molecule has 0 unspecified atom stereocenters. The SMILES string of the molecule is Cc1ccc(C(=O)/C=C/Nc2cc(C)ccc2O)cc1. The Kier molecular flexibility index (Phi) is 4.20. The van der Waals surface area contributed by atoms with E-state index in [1.807, 2.05) is 38.1 Å². The number of phenolic OH excluding ortho intramolecular Hbond substituents is 1. The van der Waals surface area contributed by atoms with Crippen molar-refractivity contribution in [2.45, 2.75) is 13.8 Å². The van der Waals surface area contributed by atoms with Crippen molar-refractivity contribution in [3.05, 3.63) is 71.4 Å². The van der Waals surface area contributed by atoms with E-state index in [9.17, 15) is 9.90 Å². The Hall–Kier alpha value is -2.55. The lowest BCUT2D eigenvalue weighted by Crippen LogP contribution is -1.96. The van der Waals surface area contributed by atoms with Crippen molar-refractivity contribution in [1.29, 1.82) is 0 Å². The third kappa shape index (κ3) is 3.48. The molecule has 0 saturated carbocycles. The van der Waals surface area contributed by atoms with E-state index in [2.05, 4.69) is 5.32 Å². The van der Waals surface area contributed by atoms with Gasteiger partial charge in [-0.2, -0.15) is 0 Å². The van der Waals surface area contributed by atoms with Gasteiger partial charge in [0.05, 0.1) is 5.69 Å². The van der Waals surface area contributed by atoms with Gasteiger partial charge >= 0.3 is 0 Å². The second kappa shape index (κ2) is 6.06. The first-order chi connectivity index (χ1) is 9.56. The molecule has 0 spiro atoms. The molecule has 0 atom stereocenters. The van der Waals surface area contributed by atoms with Crippen molar-refractivity contribution in [2.24, 2.45) is 0 Å². The normalized spacial score (nSPS) is 10.7. The molecule has 0 aliphatic heterocycles. The maximum absolute atomic E-state index is 11.9. The second-order valence-electron chi connectivity index (χ2n) is 4.73. The predicted molar refractivity (Wildman–Crippen MR) is 81.1 cm³/mol. The van der Waals surface area contributed by atoms with Crippen LogP contribution in [0, 0.1) is 13.8 Å². The number of phenols is 1. The van der Waals surface area contributed by atoms with Gasteiger partial charge in [-0.3, -0.25) is 4.79 Å². The summed E-state index contributed by atoms with van der Waals surface area (Å²) in [6, 6.07) is 12.7. The molecule has 0 aliphatic rings. The van der Waals surface area contributed by atoms with Crippen LogP contribution in [0.3, 0.4) is 0 Å². The quantitative estimate of drug-likeness (QED) is 0.503. The number of allylic oxidation sites excluding steroid dienone is 1. The number of carbonyl (C=O) groups is 1. The van der Waals surface area contributed by atoms with E-state index in [0.29, 0.717) is 11.3 Å². The lowest BCUT2D eigenvalue weighted by atomic mass is 10.1. The van der Waals surface area contributed by atoms with E-state index in [1.54, 1.807) is 18.2 Å². The molecular weight excluding hydrogens is 250 g/mol. The van der Waals surface area contributed by atoms with Gasteiger partial charge in [-0.1, -0.05) is 35.9 Å². The van der Waals surface area contributed by atoms with Gasteiger partial charge < -0.3 is 10.4 Å². The van der Waals surface area contributed by atoms with Crippen LogP contribution in [0.25, 0.3) is 0 Å². The maximum atomic E-state index is 11.9. The van der Waals surface area contributed by atoms with Crippen molar-refractivity contribution < 1.29 is 9.90 Å². The number of hydrogen-bond acceptors (Lipinski definition) is 3. The Morgan fingerprint density at radius 2 is 1.70 bits per heavy atom. The zero-order valence-corrected chi connectivity index (χ0v) is 11.6. The average molecular weight is 267 g/mol. The number of carbonyl (C=O) groups excluding carboxylic acids is 1. The standard InChI is InChI=1S/C17H17NO2/c1-12-3-6-14(7-4-12)16(19)9-10-18-15-11-13(2)5-8-17(15)20/h3-11,18,20H,1-2H3/b10-9+. The first kappa shape index (κ1) is 13.9. The summed E-state index contributed by atoms with van der Waals surface area (Å²) in [5.74, 6) is 0.0766. The zero-order valence-electron chi connectivity index (χ0n) is 11.6. The molecule has 2 rings (SSSR count). The lowest BCUT2D eigenvalue weighted by molar-refractivity contribution is 0.104. The molecule has 0 bridgehead atoms. The minimum atomic E-state index is -0.0790. The monoisotopic (exact) mass is 267 g/mol. The fourth-order valence-corrected chi connectivity index (χ4v) is 1.79. The first-order valence-electron chi connectivity index (χ1n) is 6.40. The molecule has 0 aromatic heterocycles. The Labute approximate surface area is 118 Å². The molecule has 3 heteroatoms. The van der Waals surface area contributed by atoms with Gasteiger partial charge in [0.25, 0.3) is 0 Å². The molecule has 0 radical (unpaired) electrons. The summed E-state index contributed by atoms with van der Waals surface area (Å²) < 4.78 is 0. The Morgan fingerprint density at radius 1 is 1.05 bits per heavy atom. The highest BCUT2D eigenvalue weighted by Gasteiger charge is 2.01. The summed E-state index contributed by atoms with van der Waals surface area (Å²) in [5.41, 5.74) is 3.37. The van der Waals surface area contributed by atoms with E-state index < -0.39 is 0 Å². The van der Waals surface area contributed by atoms with Crippen LogP contribution in [0.2, 0.25) is 0 Å². The molecule has 3 nitrogen and oxygen atoms in total. The third-order valence-electron chi connectivity index (χ3n) is 2.96. The van der Waals surface area contributed by atoms with Crippen LogP contribution in [-0.4, -0.2) is 10.9 Å². The average Bonchev–Trinajstić information content (AvgIpc) is 2.43. The number of nitrogens with one attached hydrogen (secondary N) is 1. The molecule has 0 aliphatic carbocycles. The van der Waals surface area contributed by atoms with E-state index in [4.69, 9.17) is 0 Å². The maximum Gasteiger partial charge on any atom is 0.187 e. The zero-order chi connectivity index (χ0) is 14.5. The van der Waals surface area contributed by atoms with Gasteiger partial charge in [0.15, 0.2) is 5.78 Å². The highest BCUT2D eigenvalue weighted by Crippen LogP contribution is 2.23. The van der Waals surface area contributed by atoms with Crippen LogP contribution >= 0.6 is 0 Å². The number of hydrogen-bond donors (Lipinski definition) is 2. The Bertz CT molecular complexity index is 643. The predicted octanol–water partition coefficient (Wildman–Crippen LogP) is 3.82. The molecule has 0 saturated heterocycles. The number of aromatic hydroxyl groups is 1. The number of anilines is 1. The van der Waals surface area contributed by atoms with Crippen molar-refractivity contribution in [3.63, 3.8) is 0 Å². The Morgan fingerprint density at radius 3 is 2.40 bits per heavy atom. The van der Waals surface area contributed by atoms with Crippen LogP contribution in [-0.2, 0) is 0 Å². The summed E-state index contributed by atoms with van der Waals surface area (Å²) in [5, 5.41) is 12.6. The van der Waals surface area contributed by atoms with Gasteiger partial charge in [-0.15, -0.1) is 0 Å². The van der Waals surface area contributed by atoms with Crippen LogP contribution < -0.4 is 5.32 Å². The Balaban J connectivity index is 2.04. The third-order valence-corrected chi connectivity index (χ3v) is 2.96. The molecule has 20 heavy (non-hydrogen) atoms. The summed E-state index contributed by atoms with van der Waals surface area (Å²) in [4.78, 5) is 11.9. The lowest BCUT2D eigenvalue weighted by Gasteiger charge is -2.04. The van der Waals surface area contributed by atoms with Gasteiger partial charge in [-0.25, -0.2) is 0 Å². The largest absolute Gasteiger partial charge is 0.506 e. The summed E-state index contributed by atoms with van der Waals surface area (Å²) in [6.45, 7) is 3.91. The minimum absolute atomic E-state index is 0.0790. The molecule has 2 aromatic rings. The summed E-state index contributed by atoms with van der Waals surface area (Å²) >= 11 is 0. The first-order valence-corrected chi connectivity index (χ1v) is 6.40. The second-order valence-corrected chi connectivity index (χ2v) is 4.73. The van der Waals surface area contributed by atoms with E-state index in [-0.39, 0.29) is 11.5 Å². The fourth-order valence-electron chi connectivity index (χ4n) is 1.79. The molecule has 0 fully saturated rings. The van der Waals surface area contributed by atoms with E-state index in [0.717, 1.165) is 11.1 Å². The van der Waals surface area contributed by atoms with Gasteiger partial charge in [0, 0.05) is 17.8 Å². The van der Waals surface area contributed by atoms with Crippen molar-refractivity contribution >= 4 is 11.5 Å².